The first-order valence-corrected chi connectivity index (χ1v) is 36.1. The lowest BCUT2D eigenvalue weighted by molar-refractivity contribution is -0.167. The number of allylic oxidation sites excluding steroid dienone is 14. The van der Waals surface area contributed by atoms with Gasteiger partial charge >= 0.3 is 17.9 Å². The second-order valence-electron chi connectivity index (χ2n) is 24.1. The molecule has 0 saturated heterocycles. The van der Waals surface area contributed by atoms with E-state index in [4.69, 9.17) is 14.2 Å². The van der Waals surface area contributed by atoms with E-state index in [1.165, 1.54) is 218 Å². The summed E-state index contributed by atoms with van der Waals surface area (Å²) in [5.41, 5.74) is 0. The highest BCUT2D eigenvalue weighted by atomic mass is 16.6. The van der Waals surface area contributed by atoms with Gasteiger partial charge in [0.15, 0.2) is 6.10 Å². The number of ether oxygens (including phenoxy) is 3. The Kier molecular flexibility index (Phi) is 68.2. The lowest BCUT2D eigenvalue weighted by atomic mass is 10.0. The molecule has 0 aromatic carbocycles. The van der Waals surface area contributed by atoms with Crippen LogP contribution in [-0.4, -0.2) is 37.2 Å². The fourth-order valence-corrected chi connectivity index (χ4v) is 10.5. The van der Waals surface area contributed by atoms with Crippen molar-refractivity contribution in [3.8, 4) is 0 Å². The van der Waals surface area contributed by atoms with Crippen LogP contribution in [0, 0.1) is 0 Å². The second-order valence-corrected chi connectivity index (χ2v) is 24.1. The summed E-state index contributed by atoms with van der Waals surface area (Å²) in [7, 11) is 0. The largest absolute Gasteiger partial charge is 0.462 e. The van der Waals surface area contributed by atoms with Crippen LogP contribution in [0.25, 0.3) is 0 Å². The van der Waals surface area contributed by atoms with E-state index in [1.54, 1.807) is 0 Å². The smallest absolute Gasteiger partial charge is 0.306 e. The molecule has 0 spiro atoms. The van der Waals surface area contributed by atoms with Crippen LogP contribution < -0.4 is 0 Å². The molecule has 0 rings (SSSR count). The van der Waals surface area contributed by atoms with Gasteiger partial charge in [-0.15, -0.1) is 0 Å². The van der Waals surface area contributed by atoms with E-state index in [0.29, 0.717) is 19.3 Å². The molecule has 83 heavy (non-hydrogen) atoms. The van der Waals surface area contributed by atoms with E-state index in [2.05, 4.69) is 106 Å². The summed E-state index contributed by atoms with van der Waals surface area (Å²) in [6.07, 6.45) is 94.8. The van der Waals surface area contributed by atoms with Gasteiger partial charge in [-0.05, 0) is 89.9 Å². The van der Waals surface area contributed by atoms with E-state index in [-0.39, 0.29) is 31.1 Å². The van der Waals surface area contributed by atoms with Crippen molar-refractivity contribution >= 4 is 17.9 Å². The Labute approximate surface area is 515 Å². The molecule has 0 bridgehead atoms. The predicted octanol–water partition coefficient (Wildman–Crippen LogP) is 25.0. The van der Waals surface area contributed by atoms with Crippen LogP contribution in [0.5, 0.6) is 0 Å². The molecule has 0 amide bonds. The van der Waals surface area contributed by atoms with Crippen LogP contribution in [-0.2, 0) is 28.6 Å². The Hall–Kier alpha value is -3.41. The van der Waals surface area contributed by atoms with Gasteiger partial charge < -0.3 is 14.2 Å². The lowest BCUT2D eigenvalue weighted by Gasteiger charge is -2.18. The summed E-state index contributed by atoms with van der Waals surface area (Å²) in [5, 5.41) is 0. The highest BCUT2D eigenvalue weighted by molar-refractivity contribution is 5.71. The summed E-state index contributed by atoms with van der Waals surface area (Å²) >= 11 is 0. The first-order chi connectivity index (χ1) is 41.0. The average Bonchev–Trinajstić information content (AvgIpc) is 3.49. The van der Waals surface area contributed by atoms with Crippen molar-refractivity contribution in [2.45, 2.75) is 374 Å². The SMILES string of the molecule is CC/C=C\C/C=C\C/C=C\C/C=C\C/C=C\CCCCCCCCCCCCCCCCCCCCCC(=O)OCC(COC(=O)CCCCCCC/C=C\C/C=C\CCCC)OC(=O)CCCCCCCCCCCCCCCCCC. The van der Waals surface area contributed by atoms with Gasteiger partial charge in [0.25, 0.3) is 0 Å². The molecule has 0 saturated carbocycles. The standard InChI is InChI=1S/C77H136O6/c1-4-7-10-13-16-19-22-25-28-30-31-32-33-34-35-36-37-38-39-40-41-42-43-44-45-46-47-48-50-52-55-58-61-64-67-70-76(79)82-73-74(72-81-75(78)69-66-63-60-57-54-51-27-24-21-18-15-12-9-6-3)83-77(80)71-68-65-62-59-56-53-49-29-26-23-20-17-14-11-8-5-2/h7,10,15-16,18-19,24-25,27-28,31-32,34-35,74H,4-6,8-9,11-14,17,20-23,26,29-30,33,36-73H2,1-3H3/b10-7-,18-15-,19-16-,27-24-,28-25-,32-31-,35-34-. The number of hydrogen-bond acceptors (Lipinski definition) is 6. The molecule has 0 aromatic heterocycles. The summed E-state index contributed by atoms with van der Waals surface area (Å²) < 4.78 is 17.0. The van der Waals surface area contributed by atoms with Crippen molar-refractivity contribution < 1.29 is 28.6 Å². The third kappa shape index (κ3) is 69.3. The Balaban J connectivity index is 4.13. The molecule has 1 atom stereocenters. The van der Waals surface area contributed by atoms with Gasteiger partial charge in [-0.25, -0.2) is 0 Å². The Morgan fingerprint density at radius 3 is 0.771 bits per heavy atom. The van der Waals surface area contributed by atoms with Gasteiger partial charge in [-0.1, -0.05) is 343 Å². The van der Waals surface area contributed by atoms with Crippen LogP contribution in [0.4, 0.5) is 0 Å². The molecule has 1 unspecified atom stereocenters. The number of esters is 3. The lowest BCUT2D eigenvalue weighted by Crippen LogP contribution is -2.30. The molecule has 0 aliphatic rings. The maximum Gasteiger partial charge on any atom is 0.306 e. The zero-order valence-electron chi connectivity index (χ0n) is 55.2. The molecule has 6 nitrogen and oxygen atoms in total. The van der Waals surface area contributed by atoms with Crippen molar-refractivity contribution in [2.24, 2.45) is 0 Å². The molecular weight excluding hydrogens is 1020 g/mol. The summed E-state index contributed by atoms with van der Waals surface area (Å²) in [4.78, 5) is 38.4. The van der Waals surface area contributed by atoms with Crippen LogP contribution in [0.15, 0.2) is 85.1 Å². The Morgan fingerprint density at radius 2 is 0.482 bits per heavy atom. The zero-order valence-corrected chi connectivity index (χ0v) is 55.2. The van der Waals surface area contributed by atoms with Crippen LogP contribution in [0.3, 0.4) is 0 Å². The maximum absolute atomic E-state index is 12.9. The van der Waals surface area contributed by atoms with Gasteiger partial charge in [-0.2, -0.15) is 0 Å². The highest BCUT2D eigenvalue weighted by Crippen LogP contribution is 2.18. The van der Waals surface area contributed by atoms with E-state index in [1.807, 2.05) is 0 Å². The van der Waals surface area contributed by atoms with E-state index < -0.39 is 6.10 Å². The zero-order chi connectivity index (χ0) is 59.9. The van der Waals surface area contributed by atoms with Crippen molar-refractivity contribution in [1.29, 1.82) is 0 Å². The van der Waals surface area contributed by atoms with Crippen molar-refractivity contribution in [3.05, 3.63) is 85.1 Å². The number of carbonyl (C=O) groups excluding carboxylic acids is 3. The minimum absolute atomic E-state index is 0.0747. The molecule has 0 heterocycles. The first kappa shape index (κ1) is 79.6. The maximum atomic E-state index is 12.9. The number of carbonyl (C=O) groups is 3. The molecule has 0 aromatic rings. The minimum Gasteiger partial charge on any atom is -0.462 e. The number of unbranched alkanes of at least 4 members (excludes halogenated alkanes) is 41. The fourth-order valence-electron chi connectivity index (χ4n) is 10.5. The quantitative estimate of drug-likeness (QED) is 0.0261. The van der Waals surface area contributed by atoms with Gasteiger partial charge in [0.2, 0.25) is 0 Å². The van der Waals surface area contributed by atoms with Crippen LogP contribution >= 0.6 is 0 Å². The molecule has 0 aliphatic carbocycles. The summed E-state index contributed by atoms with van der Waals surface area (Å²) in [6.45, 7) is 6.53. The molecule has 0 radical (unpaired) electrons. The number of hydrogen-bond donors (Lipinski definition) is 0. The predicted molar refractivity (Wildman–Crippen MR) is 362 cm³/mol. The average molecular weight is 1160 g/mol. The van der Waals surface area contributed by atoms with E-state index in [9.17, 15) is 14.4 Å². The van der Waals surface area contributed by atoms with Gasteiger partial charge in [0, 0.05) is 19.3 Å². The number of rotatable bonds is 66. The van der Waals surface area contributed by atoms with E-state index >= 15 is 0 Å². The van der Waals surface area contributed by atoms with E-state index in [0.717, 1.165) is 109 Å². The van der Waals surface area contributed by atoms with Crippen LogP contribution in [0.2, 0.25) is 0 Å². The molecule has 6 heteroatoms. The summed E-state index contributed by atoms with van der Waals surface area (Å²) in [6, 6.07) is 0. The molecular formula is C77H136O6. The first-order valence-electron chi connectivity index (χ1n) is 36.1. The normalized spacial score (nSPS) is 12.6. The topological polar surface area (TPSA) is 78.9 Å². The second kappa shape index (κ2) is 71.1. The molecule has 0 fully saturated rings. The van der Waals surface area contributed by atoms with Gasteiger partial charge in [0.05, 0.1) is 0 Å². The van der Waals surface area contributed by atoms with Crippen molar-refractivity contribution in [2.75, 3.05) is 13.2 Å². The molecule has 0 N–H and O–H groups in total. The monoisotopic (exact) mass is 1160 g/mol. The van der Waals surface area contributed by atoms with Gasteiger partial charge in [-0.3, -0.25) is 14.4 Å². The fraction of sp³-hybridized carbons (Fsp3) is 0.779. The highest BCUT2D eigenvalue weighted by Gasteiger charge is 2.19. The molecule has 480 valence electrons. The van der Waals surface area contributed by atoms with Crippen molar-refractivity contribution in [3.63, 3.8) is 0 Å². The third-order valence-electron chi connectivity index (χ3n) is 15.9. The Bertz CT molecular complexity index is 1570. The van der Waals surface area contributed by atoms with Gasteiger partial charge in [0.1, 0.15) is 13.2 Å². The third-order valence-corrected chi connectivity index (χ3v) is 15.9. The van der Waals surface area contributed by atoms with Crippen LogP contribution in [0.1, 0.15) is 367 Å². The van der Waals surface area contributed by atoms with Crippen molar-refractivity contribution in [1.82, 2.24) is 0 Å². The summed E-state index contributed by atoms with van der Waals surface area (Å²) in [5.74, 6) is -0.866. The Morgan fingerprint density at radius 1 is 0.253 bits per heavy atom. The molecule has 0 aliphatic heterocycles. The minimum atomic E-state index is -0.779.